The van der Waals surface area contributed by atoms with E-state index in [-0.39, 0.29) is 23.7 Å². The minimum Gasteiger partial charge on any atom is -0.290 e. The zero-order valence-corrected chi connectivity index (χ0v) is 17.0. The van der Waals surface area contributed by atoms with Crippen molar-refractivity contribution in [2.24, 2.45) is 0 Å². The van der Waals surface area contributed by atoms with E-state index in [4.69, 9.17) is 0 Å². The number of benzene rings is 2. The highest BCUT2D eigenvalue weighted by Crippen LogP contribution is 2.18. The molecule has 8 heteroatoms. The molecule has 2 N–H and O–H groups in total. The fourth-order valence-electron chi connectivity index (χ4n) is 3.08. The standard InChI is InChI=1S/C23H20N6O2/c1-15-9-3-5-11-17(15)20(30)25-22-27-23(29(28-22)19-13-7-8-14-24-19)26-21(31)18-12-6-4-10-16(18)2/h3-14H,1-2H3,(H2,25,26,27,28,30,31). The van der Waals surface area contributed by atoms with E-state index >= 15 is 0 Å². The van der Waals surface area contributed by atoms with Crippen LogP contribution < -0.4 is 10.6 Å². The Bertz CT molecular complexity index is 1250. The topological polar surface area (TPSA) is 102 Å². The average molecular weight is 412 g/mol. The molecular formula is C23H20N6O2. The maximum Gasteiger partial charge on any atom is 0.258 e. The first-order valence-corrected chi connectivity index (χ1v) is 9.65. The molecule has 0 radical (unpaired) electrons. The van der Waals surface area contributed by atoms with Crippen LogP contribution in [-0.4, -0.2) is 31.6 Å². The number of hydrogen-bond acceptors (Lipinski definition) is 5. The van der Waals surface area contributed by atoms with Gasteiger partial charge in [0.1, 0.15) is 0 Å². The summed E-state index contributed by atoms with van der Waals surface area (Å²) in [5.74, 6) is -0.0231. The van der Waals surface area contributed by atoms with Gasteiger partial charge in [-0.05, 0) is 49.2 Å². The molecule has 0 saturated heterocycles. The maximum absolute atomic E-state index is 12.8. The van der Waals surface area contributed by atoms with Crippen molar-refractivity contribution >= 4 is 23.7 Å². The molecule has 2 aromatic heterocycles. The monoisotopic (exact) mass is 412 g/mol. The van der Waals surface area contributed by atoms with Crippen LogP contribution in [0.25, 0.3) is 5.82 Å². The van der Waals surface area contributed by atoms with E-state index in [9.17, 15) is 9.59 Å². The van der Waals surface area contributed by atoms with E-state index in [1.807, 2.05) is 38.1 Å². The Labute approximate surface area is 179 Å². The van der Waals surface area contributed by atoms with Gasteiger partial charge in [0, 0.05) is 17.3 Å². The van der Waals surface area contributed by atoms with E-state index in [1.54, 1.807) is 48.7 Å². The summed E-state index contributed by atoms with van der Waals surface area (Å²) in [5, 5.41) is 9.80. The van der Waals surface area contributed by atoms with Gasteiger partial charge in [-0.3, -0.25) is 20.2 Å². The number of rotatable bonds is 5. The van der Waals surface area contributed by atoms with Gasteiger partial charge >= 0.3 is 0 Å². The fourth-order valence-corrected chi connectivity index (χ4v) is 3.08. The predicted molar refractivity (Wildman–Crippen MR) is 117 cm³/mol. The number of aryl methyl sites for hydroxylation is 2. The Kier molecular flexibility index (Phi) is 5.53. The third kappa shape index (κ3) is 4.32. The predicted octanol–water partition coefficient (Wildman–Crippen LogP) is 3.78. The number of hydrogen-bond donors (Lipinski definition) is 2. The smallest absolute Gasteiger partial charge is 0.258 e. The summed E-state index contributed by atoms with van der Waals surface area (Å²) >= 11 is 0. The second kappa shape index (κ2) is 8.58. The Morgan fingerprint density at radius 3 is 1.94 bits per heavy atom. The van der Waals surface area contributed by atoms with Gasteiger partial charge in [0.05, 0.1) is 0 Å². The molecule has 0 aliphatic heterocycles. The number of pyridine rings is 1. The molecule has 154 valence electrons. The number of aromatic nitrogens is 4. The molecular weight excluding hydrogens is 392 g/mol. The van der Waals surface area contributed by atoms with Crippen molar-refractivity contribution in [2.75, 3.05) is 10.6 Å². The minimum absolute atomic E-state index is 0.0546. The molecule has 0 aliphatic carbocycles. The van der Waals surface area contributed by atoms with E-state index in [1.165, 1.54) is 4.68 Å². The van der Waals surface area contributed by atoms with Crippen LogP contribution in [-0.2, 0) is 0 Å². The van der Waals surface area contributed by atoms with Crippen LogP contribution >= 0.6 is 0 Å². The summed E-state index contributed by atoms with van der Waals surface area (Å²) in [4.78, 5) is 34.1. The van der Waals surface area contributed by atoms with Crippen molar-refractivity contribution in [1.82, 2.24) is 19.7 Å². The number of nitrogens with zero attached hydrogens (tertiary/aromatic N) is 4. The fraction of sp³-hybridized carbons (Fsp3) is 0.0870. The van der Waals surface area contributed by atoms with E-state index < -0.39 is 0 Å². The lowest BCUT2D eigenvalue weighted by Crippen LogP contribution is -2.17. The molecule has 0 fully saturated rings. The number of carbonyl (C=O) groups excluding carboxylic acids is 2. The maximum atomic E-state index is 12.8. The summed E-state index contributed by atoms with van der Waals surface area (Å²) < 4.78 is 1.38. The molecule has 4 rings (SSSR count). The van der Waals surface area contributed by atoms with Gasteiger partial charge in [0.25, 0.3) is 17.8 Å². The molecule has 0 unspecified atom stereocenters. The normalized spacial score (nSPS) is 10.5. The summed E-state index contributed by atoms with van der Waals surface area (Å²) in [6.45, 7) is 3.70. The second-order valence-electron chi connectivity index (χ2n) is 6.90. The third-order valence-electron chi connectivity index (χ3n) is 4.70. The van der Waals surface area contributed by atoms with Gasteiger partial charge in [-0.1, -0.05) is 42.5 Å². The molecule has 0 spiro atoms. The van der Waals surface area contributed by atoms with Crippen LogP contribution in [0.5, 0.6) is 0 Å². The molecule has 2 amide bonds. The lowest BCUT2D eigenvalue weighted by molar-refractivity contribution is 0.101. The molecule has 0 saturated carbocycles. The molecule has 2 aromatic carbocycles. The van der Waals surface area contributed by atoms with Crippen molar-refractivity contribution in [2.45, 2.75) is 13.8 Å². The van der Waals surface area contributed by atoms with Crippen molar-refractivity contribution in [3.8, 4) is 5.82 Å². The molecule has 4 aromatic rings. The van der Waals surface area contributed by atoms with E-state index in [0.717, 1.165) is 11.1 Å². The van der Waals surface area contributed by atoms with Crippen LogP contribution in [0.15, 0.2) is 72.9 Å². The summed E-state index contributed by atoms with van der Waals surface area (Å²) in [6, 6.07) is 19.7. The average Bonchev–Trinajstić information content (AvgIpc) is 3.16. The highest BCUT2D eigenvalue weighted by Gasteiger charge is 2.19. The first kappa shape index (κ1) is 20.0. The molecule has 31 heavy (non-hydrogen) atoms. The van der Waals surface area contributed by atoms with Crippen molar-refractivity contribution in [1.29, 1.82) is 0 Å². The highest BCUT2D eigenvalue weighted by atomic mass is 16.2. The number of amides is 2. The highest BCUT2D eigenvalue weighted by molar-refractivity contribution is 6.06. The van der Waals surface area contributed by atoms with Gasteiger partial charge in [0.2, 0.25) is 5.95 Å². The third-order valence-corrected chi connectivity index (χ3v) is 4.70. The lowest BCUT2D eigenvalue weighted by Gasteiger charge is -2.07. The summed E-state index contributed by atoms with van der Waals surface area (Å²) in [5.41, 5.74) is 2.69. The Balaban J connectivity index is 1.66. The SMILES string of the molecule is Cc1ccccc1C(=O)Nc1nc(NC(=O)c2ccccc2C)n(-c2ccccn2)n1. The van der Waals surface area contributed by atoms with Gasteiger partial charge < -0.3 is 0 Å². The van der Waals surface area contributed by atoms with Gasteiger partial charge in [-0.25, -0.2) is 4.98 Å². The lowest BCUT2D eigenvalue weighted by atomic mass is 10.1. The van der Waals surface area contributed by atoms with Crippen LogP contribution in [0.4, 0.5) is 11.9 Å². The Hall–Kier alpha value is -4.33. The first-order chi connectivity index (χ1) is 15.0. The van der Waals surface area contributed by atoms with Crippen LogP contribution in [0.1, 0.15) is 31.8 Å². The Morgan fingerprint density at radius 1 is 0.774 bits per heavy atom. The quantitative estimate of drug-likeness (QED) is 0.519. The van der Waals surface area contributed by atoms with E-state index in [0.29, 0.717) is 16.9 Å². The van der Waals surface area contributed by atoms with Gasteiger partial charge in [-0.15, -0.1) is 5.10 Å². The van der Waals surface area contributed by atoms with Gasteiger partial charge in [-0.2, -0.15) is 9.67 Å². The summed E-state index contributed by atoms with van der Waals surface area (Å²) in [6.07, 6.45) is 1.61. The largest absolute Gasteiger partial charge is 0.290 e. The van der Waals surface area contributed by atoms with E-state index in [2.05, 4.69) is 25.7 Å². The Morgan fingerprint density at radius 2 is 1.35 bits per heavy atom. The number of carbonyl (C=O) groups is 2. The van der Waals surface area contributed by atoms with Crippen LogP contribution in [0, 0.1) is 13.8 Å². The second-order valence-corrected chi connectivity index (χ2v) is 6.90. The molecule has 0 atom stereocenters. The first-order valence-electron chi connectivity index (χ1n) is 9.65. The van der Waals surface area contributed by atoms with Crippen molar-refractivity contribution in [3.05, 3.63) is 95.2 Å². The van der Waals surface area contributed by atoms with Crippen molar-refractivity contribution in [3.63, 3.8) is 0 Å². The number of nitrogens with one attached hydrogen (secondary N) is 2. The molecule has 8 nitrogen and oxygen atoms in total. The number of anilines is 2. The molecule has 0 bridgehead atoms. The van der Waals surface area contributed by atoms with Gasteiger partial charge in [0.15, 0.2) is 5.82 Å². The minimum atomic E-state index is -0.340. The van der Waals surface area contributed by atoms with Crippen LogP contribution in [0.2, 0.25) is 0 Å². The summed E-state index contributed by atoms with van der Waals surface area (Å²) in [7, 11) is 0. The molecule has 2 heterocycles. The van der Waals surface area contributed by atoms with Crippen molar-refractivity contribution < 1.29 is 9.59 Å². The van der Waals surface area contributed by atoms with Crippen LogP contribution in [0.3, 0.4) is 0 Å². The molecule has 0 aliphatic rings. The zero-order chi connectivity index (χ0) is 21.8. The zero-order valence-electron chi connectivity index (χ0n) is 17.0.